The molecular formula is C12H16N2O5. The maximum atomic E-state index is 12.1. The molecule has 1 saturated heterocycles. The number of carboxylic acids is 1. The summed E-state index contributed by atoms with van der Waals surface area (Å²) in [5.41, 5.74) is 0.0441. The second-order valence-corrected chi connectivity index (χ2v) is 4.57. The number of methoxy groups -OCH3 is 1. The van der Waals surface area contributed by atoms with Crippen LogP contribution in [-0.2, 0) is 4.74 Å². The molecule has 0 bridgehead atoms. The molecule has 1 amide bonds. The van der Waals surface area contributed by atoms with Crippen LogP contribution in [0.4, 0.5) is 0 Å². The van der Waals surface area contributed by atoms with E-state index < -0.39 is 5.97 Å². The SMILES string of the molecule is COCC1CCN(C(=O)c2cc(C(=O)O)on2)CC1. The van der Waals surface area contributed by atoms with Crippen molar-refractivity contribution in [3.8, 4) is 0 Å². The zero-order valence-electron chi connectivity index (χ0n) is 10.7. The molecule has 2 heterocycles. The normalized spacial score (nSPS) is 16.6. The van der Waals surface area contributed by atoms with Crippen molar-refractivity contribution in [2.45, 2.75) is 12.8 Å². The molecule has 0 saturated carbocycles. The summed E-state index contributed by atoms with van der Waals surface area (Å²) in [5, 5.41) is 12.2. The summed E-state index contributed by atoms with van der Waals surface area (Å²) in [6.07, 6.45) is 1.76. The quantitative estimate of drug-likeness (QED) is 0.871. The molecule has 1 N–H and O–H groups in total. The van der Waals surface area contributed by atoms with Gasteiger partial charge in [-0.2, -0.15) is 0 Å². The lowest BCUT2D eigenvalue weighted by Crippen LogP contribution is -2.39. The number of rotatable bonds is 4. The topological polar surface area (TPSA) is 92.9 Å². The number of carboxylic acid groups (broad SMARTS) is 1. The molecule has 0 radical (unpaired) electrons. The van der Waals surface area contributed by atoms with E-state index in [1.807, 2.05) is 0 Å². The van der Waals surface area contributed by atoms with Crippen LogP contribution in [0.15, 0.2) is 10.6 Å². The number of ether oxygens (including phenoxy) is 1. The van der Waals surface area contributed by atoms with Crippen molar-refractivity contribution in [3.63, 3.8) is 0 Å². The number of amides is 1. The monoisotopic (exact) mass is 268 g/mol. The summed E-state index contributed by atoms with van der Waals surface area (Å²) >= 11 is 0. The number of carbonyl (C=O) groups is 2. The van der Waals surface area contributed by atoms with Crippen LogP contribution >= 0.6 is 0 Å². The molecule has 0 unspecified atom stereocenters. The van der Waals surface area contributed by atoms with Gasteiger partial charge in [0, 0.05) is 32.9 Å². The van der Waals surface area contributed by atoms with Crippen molar-refractivity contribution in [3.05, 3.63) is 17.5 Å². The van der Waals surface area contributed by atoms with E-state index in [1.54, 1.807) is 12.0 Å². The van der Waals surface area contributed by atoms with E-state index in [1.165, 1.54) is 0 Å². The molecular weight excluding hydrogens is 252 g/mol. The van der Waals surface area contributed by atoms with Gasteiger partial charge in [-0.25, -0.2) is 4.79 Å². The third kappa shape index (κ3) is 3.11. The molecule has 0 aliphatic carbocycles. The number of aromatic carboxylic acids is 1. The highest BCUT2D eigenvalue weighted by molar-refractivity contribution is 5.94. The summed E-state index contributed by atoms with van der Waals surface area (Å²) < 4.78 is 9.68. The van der Waals surface area contributed by atoms with Crippen LogP contribution in [0.5, 0.6) is 0 Å². The maximum absolute atomic E-state index is 12.1. The lowest BCUT2D eigenvalue weighted by Gasteiger charge is -2.31. The second-order valence-electron chi connectivity index (χ2n) is 4.57. The van der Waals surface area contributed by atoms with Gasteiger partial charge in [-0.1, -0.05) is 5.16 Å². The van der Waals surface area contributed by atoms with Crippen LogP contribution < -0.4 is 0 Å². The van der Waals surface area contributed by atoms with Gasteiger partial charge in [0.2, 0.25) is 5.76 Å². The maximum Gasteiger partial charge on any atom is 0.374 e. The number of nitrogens with zero attached hydrogens (tertiary/aromatic N) is 2. The highest BCUT2D eigenvalue weighted by Gasteiger charge is 2.26. The van der Waals surface area contributed by atoms with E-state index in [9.17, 15) is 9.59 Å². The van der Waals surface area contributed by atoms with Gasteiger partial charge in [0.15, 0.2) is 5.69 Å². The van der Waals surface area contributed by atoms with Crippen molar-refractivity contribution in [2.24, 2.45) is 5.92 Å². The first-order valence-corrected chi connectivity index (χ1v) is 6.10. The molecule has 0 spiro atoms. The summed E-state index contributed by atoms with van der Waals surface area (Å²) in [5.74, 6) is -1.36. The minimum absolute atomic E-state index is 0.0441. The summed E-state index contributed by atoms with van der Waals surface area (Å²) in [6, 6.07) is 1.16. The Labute approximate surface area is 110 Å². The fourth-order valence-corrected chi connectivity index (χ4v) is 2.18. The predicted octanol–water partition coefficient (Wildman–Crippen LogP) is 0.871. The third-order valence-corrected chi connectivity index (χ3v) is 3.24. The van der Waals surface area contributed by atoms with Crippen molar-refractivity contribution in [2.75, 3.05) is 26.8 Å². The van der Waals surface area contributed by atoms with Crippen LogP contribution in [0, 0.1) is 5.92 Å². The van der Waals surface area contributed by atoms with E-state index in [2.05, 4.69) is 9.68 Å². The number of hydrogen-bond donors (Lipinski definition) is 1. The van der Waals surface area contributed by atoms with Gasteiger partial charge in [0.05, 0.1) is 0 Å². The van der Waals surface area contributed by atoms with Gasteiger partial charge in [0.1, 0.15) is 0 Å². The Morgan fingerprint density at radius 2 is 2.21 bits per heavy atom. The molecule has 1 aromatic heterocycles. The first-order valence-electron chi connectivity index (χ1n) is 6.10. The number of aromatic nitrogens is 1. The first-order chi connectivity index (χ1) is 9.11. The molecule has 19 heavy (non-hydrogen) atoms. The minimum atomic E-state index is -1.23. The van der Waals surface area contributed by atoms with Crippen LogP contribution in [-0.4, -0.2) is 53.8 Å². The summed E-state index contributed by atoms with van der Waals surface area (Å²) in [6.45, 7) is 1.96. The Balaban J connectivity index is 1.95. The summed E-state index contributed by atoms with van der Waals surface area (Å²) in [4.78, 5) is 24.4. The van der Waals surface area contributed by atoms with Gasteiger partial charge in [0.25, 0.3) is 5.91 Å². The molecule has 1 aliphatic heterocycles. The van der Waals surface area contributed by atoms with E-state index in [0.717, 1.165) is 18.9 Å². The molecule has 104 valence electrons. The van der Waals surface area contributed by atoms with Crippen molar-refractivity contribution < 1.29 is 24.0 Å². The van der Waals surface area contributed by atoms with Crippen molar-refractivity contribution in [1.29, 1.82) is 0 Å². The minimum Gasteiger partial charge on any atom is -0.475 e. The van der Waals surface area contributed by atoms with E-state index >= 15 is 0 Å². The van der Waals surface area contributed by atoms with Gasteiger partial charge in [-0.3, -0.25) is 4.79 Å². The van der Waals surface area contributed by atoms with Crippen molar-refractivity contribution >= 4 is 11.9 Å². The predicted molar refractivity (Wildman–Crippen MR) is 64.0 cm³/mol. The Morgan fingerprint density at radius 3 is 2.74 bits per heavy atom. The van der Waals surface area contributed by atoms with E-state index in [0.29, 0.717) is 25.6 Å². The van der Waals surface area contributed by atoms with Gasteiger partial charge < -0.3 is 19.3 Å². The molecule has 1 fully saturated rings. The average molecular weight is 268 g/mol. The largest absolute Gasteiger partial charge is 0.475 e. The van der Waals surface area contributed by atoms with Gasteiger partial charge in [-0.15, -0.1) is 0 Å². The van der Waals surface area contributed by atoms with Crippen molar-refractivity contribution in [1.82, 2.24) is 10.1 Å². The van der Waals surface area contributed by atoms with Gasteiger partial charge in [-0.05, 0) is 18.8 Å². The zero-order valence-corrected chi connectivity index (χ0v) is 10.7. The Bertz CT molecular complexity index is 462. The number of likely N-dealkylation sites (tertiary alicyclic amines) is 1. The van der Waals surface area contributed by atoms with Crippen LogP contribution in [0.2, 0.25) is 0 Å². The highest BCUT2D eigenvalue weighted by Crippen LogP contribution is 2.19. The van der Waals surface area contributed by atoms with E-state index in [-0.39, 0.29) is 17.4 Å². The average Bonchev–Trinajstić information content (AvgIpc) is 2.89. The molecule has 0 aromatic carbocycles. The number of hydrogen-bond acceptors (Lipinski definition) is 5. The molecule has 1 aromatic rings. The Morgan fingerprint density at radius 1 is 1.53 bits per heavy atom. The fourth-order valence-electron chi connectivity index (χ4n) is 2.18. The third-order valence-electron chi connectivity index (χ3n) is 3.24. The lowest BCUT2D eigenvalue weighted by atomic mass is 9.97. The van der Waals surface area contributed by atoms with Crippen LogP contribution in [0.3, 0.4) is 0 Å². The van der Waals surface area contributed by atoms with Crippen LogP contribution in [0.1, 0.15) is 33.9 Å². The lowest BCUT2D eigenvalue weighted by molar-refractivity contribution is 0.0599. The second kappa shape index (κ2) is 5.83. The zero-order chi connectivity index (χ0) is 13.8. The number of piperidine rings is 1. The Hall–Kier alpha value is -1.89. The van der Waals surface area contributed by atoms with Crippen LogP contribution in [0.25, 0.3) is 0 Å². The molecule has 2 rings (SSSR count). The van der Waals surface area contributed by atoms with Gasteiger partial charge >= 0.3 is 5.97 Å². The molecule has 7 nitrogen and oxygen atoms in total. The Kier molecular flexibility index (Phi) is 4.16. The molecule has 1 aliphatic rings. The highest BCUT2D eigenvalue weighted by atomic mass is 16.5. The standard InChI is InChI=1S/C12H16N2O5/c1-18-7-8-2-4-14(5-3-8)11(15)9-6-10(12(16)17)19-13-9/h6,8H,2-5,7H2,1H3,(H,16,17). The number of carbonyl (C=O) groups excluding carboxylic acids is 1. The molecule has 7 heteroatoms. The smallest absolute Gasteiger partial charge is 0.374 e. The molecule has 0 atom stereocenters. The summed E-state index contributed by atoms with van der Waals surface area (Å²) in [7, 11) is 1.67. The first kappa shape index (κ1) is 13.5. The fraction of sp³-hybridized carbons (Fsp3) is 0.583. The van der Waals surface area contributed by atoms with E-state index in [4.69, 9.17) is 9.84 Å².